The van der Waals surface area contributed by atoms with Crippen molar-refractivity contribution in [1.82, 2.24) is 0 Å². The van der Waals surface area contributed by atoms with Gasteiger partial charge in [-0.3, -0.25) is 10.1 Å². The van der Waals surface area contributed by atoms with Gasteiger partial charge in [0.25, 0.3) is 5.69 Å². The molecule has 0 fully saturated rings. The zero-order valence-electron chi connectivity index (χ0n) is 10.7. The molecule has 1 rings (SSSR count). The number of rotatable bonds is 5. The predicted molar refractivity (Wildman–Crippen MR) is 58.8 cm³/mol. The Bertz CT molecular complexity index is 615. The number of carbonyl (C=O) groups excluding carboxylic acids is 1. The molecule has 0 aliphatic rings. The van der Waals surface area contributed by atoms with Crippen LogP contribution in [0.2, 0.25) is 0 Å². The predicted octanol–water partition coefficient (Wildman–Crippen LogP) is 3.47. The highest BCUT2D eigenvalue weighted by molar-refractivity contribution is 5.79. The van der Waals surface area contributed by atoms with Crippen molar-refractivity contribution < 1.29 is 45.2 Å². The SMILES string of the molecule is O=C(OCc1cccc([N+](=O)[O-])c1)C(F)(F)C(F)(F)C(F)(F)F. The van der Waals surface area contributed by atoms with Crippen LogP contribution in [0.5, 0.6) is 0 Å². The smallest absolute Gasteiger partial charge is 0.456 e. The molecule has 23 heavy (non-hydrogen) atoms. The molecule has 5 nitrogen and oxygen atoms in total. The van der Waals surface area contributed by atoms with E-state index in [1.807, 2.05) is 0 Å². The number of ether oxygens (including phenoxy) is 1. The van der Waals surface area contributed by atoms with E-state index in [0.29, 0.717) is 0 Å². The van der Waals surface area contributed by atoms with Gasteiger partial charge < -0.3 is 4.74 Å². The van der Waals surface area contributed by atoms with E-state index in [2.05, 4.69) is 4.74 Å². The monoisotopic (exact) mass is 349 g/mol. The van der Waals surface area contributed by atoms with Gasteiger partial charge in [0.05, 0.1) is 4.92 Å². The number of alkyl halides is 7. The van der Waals surface area contributed by atoms with Crippen molar-refractivity contribution in [1.29, 1.82) is 0 Å². The van der Waals surface area contributed by atoms with Crippen LogP contribution < -0.4 is 0 Å². The van der Waals surface area contributed by atoms with Crippen LogP contribution in [-0.2, 0) is 16.1 Å². The average molecular weight is 349 g/mol. The highest BCUT2D eigenvalue weighted by Gasteiger charge is 2.77. The number of hydrogen-bond acceptors (Lipinski definition) is 4. The molecule has 0 aliphatic carbocycles. The lowest BCUT2D eigenvalue weighted by molar-refractivity contribution is -0.385. The largest absolute Gasteiger partial charge is 0.460 e. The van der Waals surface area contributed by atoms with E-state index in [0.717, 1.165) is 24.3 Å². The third-order valence-corrected chi connectivity index (χ3v) is 2.50. The van der Waals surface area contributed by atoms with E-state index in [1.165, 1.54) is 0 Å². The second kappa shape index (κ2) is 6.01. The molecule has 0 atom stereocenters. The van der Waals surface area contributed by atoms with Gasteiger partial charge in [-0.05, 0) is 5.56 Å². The van der Waals surface area contributed by atoms with Crippen LogP contribution in [0, 0.1) is 10.1 Å². The number of hydrogen-bond donors (Lipinski definition) is 0. The number of nitro groups is 1. The lowest BCUT2D eigenvalue weighted by Gasteiger charge is -2.26. The average Bonchev–Trinajstić information content (AvgIpc) is 2.43. The third-order valence-electron chi connectivity index (χ3n) is 2.50. The minimum absolute atomic E-state index is 0.251. The first kappa shape index (κ1) is 18.6. The first-order valence-electron chi connectivity index (χ1n) is 5.53. The van der Waals surface area contributed by atoms with Gasteiger partial charge in [0.15, 0.2) is 0 Å². The van der Waals surface area contributed by atoms with E-state index >= 15 is 0 Å². The molecule has 0 saturated heterocycles. The van der Waals surface area contributed by atoms with Gasteiger partial charge in [0.2, 0.25) is 0 Å². The van der Waals surface area contributed by atoms with Gasteiger partial charge in [-0.15, -0.1) is 0 Å². The van der Waals surface area contributed by atoms with Crippen LogP contribution in [0.25, 0.3) is 0 Å². The molecule has 0 N–H and O–H groups in total. The first-order valence-corrected chi connectivity index (χ1v) is 5.53. The van der Waals surface area contributed by atoms with Crippen LogP contribution in [0.15, 0.2) is 24.3 Å². The number of halogens is 7. The zero-order chi connectivity index (χ0) is 18.1. The molecule has 0 bridgehead atoms. The van der Waals surface area contributed by atoms with Gasteiger partial charge >= 0.3 is 24.0 Å². The van der Waals surface area contributed by atoms with E-state index in [9.17, 15) is 45.6 Å². The van der Waals surface area contributed by atoms with Crippen molar-refractivity contribution in [3.05, 3.63) is 39.9 Å². The van der Waals surface area contributed by atoms with Gasteiger partial charge in [-0.2, -0.15) is 30.7 Å². The normalized spacial score (nSPS) is 12.8. The Hall–Kier alpha value is -2.40. The van der Waals surface area contributed by atoms with Crippen molar-refractivity contribution in [3.63, 3.8) is 0 Å². The fourth-order valence-corrected chi connectivity index (χ4v) is 1.31. The van der Waals surface area contributed by atoms with E-state index in [-0.39, 0.29) is 5.56 Å². The molecule has 0 aromatic heterocycles. The summed E-state index contributed by atoms with van der Waals surface area (Å²) in [4.78, 5) is 20.4. The summed E-state index contributed by atoms with van der Waals surface area (Å²) >= 11 is 0. The fraction of sp³-hybridized carbons (Fsp3) is 0.364. The fourth-order valence-electron chi connectivity index (χ4n) is 1.31. The Morgan fingerprint density at radius 2 is 1.70 bits per heavy atom. The molecule has 0 aliphatic heterocycles. The number of benzene rings is 1. The number of nitro benzene ring substituents is 1. The van der Waals surface area contributed by atoms with Crippen LogP contribution in [0.1, 0.15) is 5.56 Å². The van der Waals surface area contributed by atoms with E-state index in [1.54, 1.807) is 0 Å². The van der Waals surface area contributed by atoms with Gasteiger partial charge in [0, 0.05) is 12.1 Å². The Morgan fingerprint density at radius 3 is 2.17 bits per heavy atom. The van der Waals surface area contributed by atoms with Gasteiger partial charge in [0.1, 0.15) is 6.61 Å². The molecule has 1 aromatic carbocycles. The number of nitrogens with zero attached hydrogens (tertiary/aromatic N) is 1. The number of carbonyl (C=O) groups is 1. The molecule has 128 valence electrons. The van der Waals surface area contributed by atoms with Crippen LogP contribution in [0.3, 0.4) is 0 Å². The molecule has 0 radical (unpaired) electrons. The van der Waals surface area contributed by atoms with E-state index < -0.39 is 41.2 Å². The second-order valence-electron chi connectivity index (χ2n) is 4.15. The van der Waals surface area contributed by atoms with Gasteiger partial charge in [-0.1, -0.05) is 12.1 Å². The highest BCUT2D eigenvalue weighted by atomic mass is 19.4. The van der Waals surface area contributed by atoms with Crippen molar-refractivity contribution in [2.24, 2.45) is 0 Å². The second-order valence-corrected chi connectivity index (χ2v) is 4.15. The maximum Gasteiger partial charge on any atom is 0.460 e. The van der Waals surface area contributed by atoms with Crippen LogP contribution in [-0.4, -0.2) is 28.9 Å². The van der Waals surface area contributed by atoms with Crippen LogP contribution in [0.4, 0.5) is 36.4 Å². The Morgan fingerprint density at radius 1 is 1.13 bits per heavy atom. The summed E-state index contributed by atoms with van der Waals surface area (Å²) in [5, 5.41) is 10.4. The Balaban J connectivity index is 2.88. The molecule has 0 saturated carbocycles. The third kappa shape index (κ3) is 3.68. The summed E-state index contributed by atoms with van der Waals surface area (Å²) in [6.45, 7) is -1.15. The molecule has 0 spiro atoms. The first-order chi connectivity index (χ1) is 10.3. The molecule has 12 heteroatoms. The number of non-ortho nitro benzene ring substituents is 1. The summed E-state index contributed by atoms with van der Waals surface area (Å²) < 4.78 is 90.4. The standard InChI is InChI=1S/C11H6F7NO4/c12-9(13,10(14,15)11(16,17)18)8(20)23-5-6-2-1-3-7(4-6)19(21)22/h1-4H,5H2. The topological polar surface area (TPSA) is 69.4 Å². The minimum atomic E-state index is -6.67. The minimum Gasteiger partial charge on any atom is -0.456 e. The Labute approximate surface area is 122 Å². The van der Waals surface area contributed by atoms with E-state index in [4.69, 9.17) is 0 Å². The highest BCUT2D eigenvalue weighted by Crippen LogP contribution is 2.47. The lowest BCUT2D eigenvalue weighted by atomic mass is 10.1. The van der Waals surface area contributed by atoms with Crippen molar-refractivity contribution in [2.75, 3.05) is 0 Å². The zero-order valence-corrected chi connectivity index (χ0v) is 10.7. The molecule has 0 unspecified atom stereocenters. The summed E-state index contributed by atoms with van der Waals surface area (Å²) in [6, 6.07) is 3.90. The molecule has 0 heterocycles. The molecule has 1 aromatic rings. The van der Waals surface area contributed by atoms with Crippen molar-refractivity contribution in [2.45, 2.75) is 24.6 Å². The maximum absolute atomic E-state index is 12.9. The van der Waals surface area contributed by atoms with Crippen LogP contribution >= 0.6 is 0 Å². The summed E-state index contributed by atoms with van der Waals surface area (Å²) in [7, 11) is 0. The molecule has 0 amide bonds. The summed E-state index contributed by atoms with van der Waals surface area (Å²) in [5.41, 5.74) is -0.774. The Kier molecular flexibility index (Phi) is 4.87. The summed E-state index contributed by atoms with van der Waals surface area (Å²) in [5.74, 6) is -15.9. The van der Waals surface area contributed by atoms with Crippen molar-refractivity contribution >= 4 is 11.7 Å². The number of esters is 1. The summed E-state index contributed by atoms with van der Waals surface area (Å²) in [6.07, 6.45) is -6.67. The maximum atomic E-state index is 12.9. The molecular formula is C11H6F7NO4. The van der Waals surface area contributed by atoms with Crippen molar-refractivity contribution in [3.8, 4) is 0 Å². The molecular weight excluding hydrogens is 343 g/mol. The quantitative estimate of drug-likeness (QED) is 0.353. The van der Waals surface area contributed by atoms with Gasteiger partial charge in [-0.25, -0.2) is 4.79 Å². The lowest BCUT2D eigenvalue weighted by Crippen LogP contribution is -2.56.